The summed E-state index contributed by atoms with van der Waals surface area (Å²) in [5.41, 5.74) is 0. The third kappa shape index (κ3) is 2.62. The smallest absolute Gasteiger partial charge is 0.266 e. The number of carbonyl (C=O) groups excluding carboxylic acids is 3. The van der Waals surface area contributed by atoms with Crippen LogP contribution in [0.25, 0.3) is 10.1 Å². The van der Waals surface area contributed by atoms with Gasteiger partial charge in [-0.15, -0.1) is 11.3 Å². The van der Waals surface area contributed by atoms with Gasteiger partial charge in [0.2, 0.25) is 11.8 Å². The molecule has 108 valence electrons. The SMILES string of the molecule is O=C1CN(C(=O)c2sc3cc(Cl)ccc3c2Cl)CC(=O)N1. The van der Waals surface area contributed by atoms with Gasteiger partial charge in [0.15, 0.2) is 0 Å². The molecule has 0 aliphatic carbocycles. The monoisotopic (exact) mass is 342 g/mol. The topological polar surface area (TPSA) is 66.5 Å². The molecule has 2 aromatic rings. The number of nitrogens with zero attached hydrogens (tertiary/aromatic N) is 1. The summed E-state index contributed by atoms with van der Waals surface area (Å²) in [5.74, 6) is -1.43. The highest BCUT2D eigenvalue weighted by Gasteiger charge is 2.29. The number of benzene rings is 1. The Bertz CT molecular complexity index is 771. The van der Waals surface area contributed by atoms with Crippen LogP contribution in [0.2, 0.25) is 10.0 Å². The van der Waals surface area contributed by atoms with Crippen LogP contribution in [0.1, 0.15) is 9.67 Å². The average molecular weight is 343 g/mol. The quantitative estimate of drug-likeness (QED) is 0.808. The minimum atomic E-state index is -0.500. The molecule has 21 heavy (non-hydrogen) atoms. The van der Waals surface area contributed by atoms with Gasteiger partial charge in [-0.1, -0.05) is 29.3 Å². The molecular formula is C13H8Cl2N2O3S. The van der Waals surface area contributed by atoms with Gasteiger partial charge in [-0.3, -0.25) is 19.7 Å². The lowest BCUT2D eigenvalue weighted by Crippen LogP contribution is -2.53. The predicted octanol–water partition coefficient (Wildman–Crippen LogP) is 2.31. The fourth-order valence-electron chi connectivity index (χ4n) is 2.10. The number of halogens is 2. The Balaban J connectivity index is 1.99. The number of fused-ring (bicyclic) bond motifs is 1. The van der Waals surface area contributed by atoms with Crippen molar-refractivity contribution < 1.29 is 14.4 Å². The number of rotatable bonds is 1. The van der Waals surface area contributed by atoms with Gasteiger partial charge in [-0.25, -0.2) is 0 Å². The first-order valence-corrected chi connectivity index (χ1v) is 7.52. The van der Waals surface area contributed by atoms with E-state index in [1.54, 1.807) is 18.2 Å². The summed E-state index contributed by atoms with van der Waals surface area (Å²) in [7, 11) is 0. The van der Waals surface area contributed by atoms with Crippen molar-refractivity contribution in [2.45, 2.75) is 0 Å². The number of imide groups is 1. The molecule has 1 aromatic carbocycles. The van der Waals surface area contributed by atoms with Gasteiger partial charge in [-0.2, -0.15) is 0 Å². The van der Waals surface area contributed by atoms with Gasteiger partial charge in [-0.05, 0) is 12.1 Å². The summed E-state index contributed by atoms with van der Waals surface area (Å²) < 4.78 is 0.781. The van der Waals surface area contributed by atoms with Crippen molar-refractivity contribution in [1.82, 2.24) is 10.2 Å². The second kappa shape index (κ2) is 5.29. The predicted molar refractivity (Wildman–Crippen MR) is 80.9 cm³/mol. The van der Waals surface area contributed by atoms with Crippen LogP contribution in [0.5, 0.6) is 0 Å². The van der Waals surface area contributed by atoms with Crippen molar-refractivity contribution in [3.63, 3.8) is 0 Å². The van der Waals surface area contributed by atoms with Crippen molar-refractivity contribution in [2.75, 3.05) is 13.1 Å². The van der Waals surface area contributed by atoms with Crippen molar-refractivity contribution in [3.05, 3.63) is 33.1 Å². The average Bonchev–Trinajstić information content (AvgIpc) is 2.73. The van der Waals surface area contributed by atoms with Gasteiger partial charge in [0.25, 0.3) is 5.91 Å². The van der Waals surface area contributed by atoms with Crippen LogP contribution in [0.3, 0.4) is 0 Å². The van der Waals surface area contributed by atoms with Crippen molar-refractivity contribution in [2.24, 2.45) is 0 Å². The van der Waals surface area contributed by atoms with Crippen molar-refractivity contribution >= 4 is 62.3 Å². The Morgan fingerprint density at radius 2 is 1.86 bits per heavy atom. The molecule has 1 N–H and O–H groups in total. The highest BCUT2D eigenvalue weighted by Crippen LogP contribution is 2.37. The van der Waals surface area contributed by atoms with Crippen molar-refractivity contribution in [3.8, 4) is 0 Å². The standard InChI is InChI=1S/C13H8Cl2N2O3S/c14-6-1-2-7-8(3-6)21-12(11(7)15)13(20)17-4-9(18)16-10(19)5-17/h1-3H,4-5H2,(H,16,18,19). The molecule has 3 rings (SSSR count). The fourth-order valence-corrected chi connectivity index (χ4v) is 3.86. The first-order valence-electron chi connectivity index (χ1n) is 5.95. The van der Waals surface area contributed by atoms with E-state index in [1.807, 2.05) is 0 Å². The van der Waals surface area contributed by atoms with Crippen LogP contribution < -0.4 is 5.32 Å². The Hall–Kier alpha value is -1.63. The number of hydrogen-bond acceptors (Lipinski definition) is 4. The highest BCUT2D eigenvalue weighted by atomic mass is 35.5. The first-order chi connectivity index (χ1) is 9.95. The Kier molecular flexibility index (Phi) is 3.61. The highest BCUT2D eigenvalue weighted by molar-refractivity contribution is 7.21. The third-order valence-corrected chi connectivity index (χ3v) is 4.90. The summed E-state index contributed by atoms with van der Waals surface area (Å²) in [6, 6.07) is 5.15. The lowest BCUT2D eigenvalue weighted by molar-refractivity contribution is -0.135. The third-order valence-electron chi connectivity index (χ3n) is 3.02. The molecule has 2 heterocycles. The van der Waals surface area contributed by atoms with E-state index >= 15 is 0 Å². The number of hydrogen-bond donors (Lipinski definition) is 1. The second-order valence-electron chi connectivity index (χ2n) is 4.52. The zero-order valence-electron chi connectivity index (χ0n) is 10.5. The molecule has 0 bridgehead atoms. The zero-order chi connectivity index (χ0) is 15.1. The molecule has 0 spiro atoms. The molecule has 1 aliphatic heterocycles. The largest absolute Gasteiger partial charge is 0.319 e. The molecular weight excluding hydrogens is 335 g/mol. The lowest BCUT2D eigenvalue weighted by Gasteiger charge is -2.24. The van der Waals surface area contributed by atoms with Crippen LogP contribution >= 0.6 is 34.5 Å². The van der Waals surface area contributed by atoms with Gasteiger partial charge in [0, 0.05) is 15.1 Å². The minimum absolute atomic E-state index is 0.157. The maximum absolute atomic E-state index is 12.5. The zero-order valence-corrected chi connectivity index (χ0v) is 12.8. The molecule has 1 saturated heterocycles. The molecule has 8 heteroatoms. The van der Waals surface area contributed by atoms with E-state index in [0.29, 0.717) is 14.9 Å². The van der Waals surface area contributed by atoms with Crippen LogP contribution in [-0.2, 0) is 9.59 Å². The molecule has 1 aromatic heterocycles. The van der Waals surface area contributed by atoms with Crippen LogP contribution in [0.4, 0.5) is 0 Å². The van der Waals surface area contributed by atoms with Gasteiger partial charge < -0.3 is 4.90 Å². The van der Waals surface area contributed by atoms with E-state index in [4.69, 9.17) is 23.2 Å². The molecule has 1 aliphatic rings. The molecule has 0 unspecified atom stereocenters. The molecule has 3 amide bonds. The van der Waals surface area contributed by atoms with E-state index in [9.17, 15) is 14.4 Å². The van der Waals surface area contributed by atoms with Gasteiger partial charge in [0.1, 0.15) is 18.0 Å². The van der Waals surface area contributed by atoms with E-state index in [2.05, 4.69) is 5.32 Å². The van der Waals surface area contributed by atoms with Crippen molar-refractivity contribution in [1.29, 1.82) is 0 Å². The summed E-state index contributed by atoms with van der Waals surface area (Å²) in [6.45, 7) is -0.314. The van der Waals surface area contributed by atoms with Crippen LogP contribution in [-0.4, -0.2) is 35.7 Å². The van der Waals surface area contributed by atoms with E-state index < -0.39 is 17.7 Å². The molecule has 1 fully saturated rings. The van der Waals surface area contributed by atoms with E-state index in [-0.39, 0.29) is 13.1 Å². The summed E-state index contributed by atoms with van der Waals surface area (Å²) in [6.07, 6.45) is 0. The van der Waals surface area contributed by atoms with E-state index in [1.165, 1.54) is 16.2 Å². The lowest BCUT2D eigenvalue weighted by atomic mass is 10.2. The number of nitrogens with one attached hydrogen (secondary N) is 1. The number of amides is 3. The van der Waals surface area contributed by atoms with E-state index in [0.717, 1.165) is 10.1 Å². The van der Waals surface area contributed by atoms with Gasteiger partial charge in [0.05, 0.1) is 5.02 Å². The molecule has 5 nitrogen and oxygen atoms in total. The number of thiophene rings is 1. The summed E-state index contributed by atoms with van der Waals surface area (Å²) in [5, 5.41) is 3.73. The molecule has 0 atom stereocenters. The minimum Gasteiger partial charge on any atom is -0.319 e. The molecule has 0 saturated carbocycles. The maximum atomic E-state index is 12.5. The maximum Gasteiger partial charge on any atom is 0.266 e. The molecule has 0 radical (unpaired) electrons. The Morgan fingerprint density at radius 3 is 2.52 bits per heavy atom. The Morgan fingerprint density at radius 1 is 1.19 bits per heavy atom. The van der Waals surface area contributed by atoms with Crippen LogP contribution in [0, 0.1) is 0 Å². The normalized spacial score (nSPS) is 15.4. The first kappa shape index (κ1) is 14.3. The number of piperazine rings is 1. The number of carbonyl (C=O) groups is 3. The van der Waals surface area contributed by atoms with Crippen LogP contribution in [0.15, 0.2) is 18.2 Å². The summed E-state index contributed by atoms with van der Waals surface area (Å²) in [4.78, 5) is 36.6. The Labute approximate surface area is 133 Å². The summed E-state index contributed by atoms with van der Waals surface area (Å²) >= 11 is 13.3. The van der Waals surface area contributed by atoms with Gasteiger partial charge >= 0.3 is 0 Å². The fraction of sp³-hybridized carbons (Fsp3) is 0.154. The second-order valence-corrected chi connectivity index (χ2v) is 6.38.